The lowest BCUT2D eigenvalue weighted by Crippen LogP contribution is -2.48. The van der Waals surface area contributed by atoms with Gasteiger partial charge in [0.25, 0.3) is 0 Å². The minimum Gasteiger partial charge on any atom is -0.494 e. The molecule has 0 aliphatic carbocycles. The predicted octanol–water partition coefficient (Wildman–Crippen LogP) is 3.50. The third-order valence-electron chi connectivity index (χ3n) is 4.55. The molecule has 3 rings (SSSR count). The number of halogens is 1. The fourth-order valence-corrected chi connectivity index (χ4v) is 3.07. The number of benzene rings is 2. The molecule has 0 atom stereocenters. The van der Waals surface area contributed by atoms with E-state index in [4.69, 9.17) is 4.74 Å². The van der Waals surface area contributed by atoms with Crippen LogP contribution >= 0.6 is 0 Å². The van der Waals surface area contributed by atoms with E-state index in [1.165, 1.54) is 30.5 Å². The highest BCUT2D eigenvalue weighted by atomic mass is 19.1. The number of carbonyl (C=O) groups is 1. The van der Waals surface area contributed by atoms with Gasteiger partial charge in [-0.15, -0.1) is 0 Å². The van der Waals surface area contributed by atoms with Crippen molar-refractivity contribution in [2.75, 3.05) is 38.2 Å². The number of carbonyl (C=O) groups excluding carboxylic acids is 1. The number of rotatable bonds is 4. The Balaban J connectivity index is 1.57. The van der Waals surface area contributed by atoms with Crippen LogP contribution in [0.5, 0.6) is 5.75 Å². The van der Waals surface area contributed by atoms with Crippen LogP contribution in [0.4, 0.5) is 10.1 Å². The highest BCUT2D eigenvalue weighted by Gasteiger charge is 2.19. The fourth-order valence-electron chi connectivity index (χ4n) is 3.07. The summed E-state index contributed by atoms with van der Waals surface area (Å²) >= 11 is 0. The molecule has 1 aliphatic heterocycles. The molecule has 2 aromatic rings. The smallest absolute Gasteiger partial charge is 0.246 e. The van der Waals surface area contributed by atoms with Crippen molar-refractivity contribution in [3.05, 3.63) is 65.5 Å². The van der Waals surface area contributed by atoms with E-state index < -0.39 is 5.82 Å². The molecule has 136 valence electrons. The van der Waals surface area contributed by atoms with Crippen molar-refractivity contribution in [3.63, 3.8) is 0 Å². The van der Waals surface area contributed by atoms with Gasteiger partial charge in [0.05, 0.1) is 7.11 Å². The Hall–Kier alpha value is -2.82. The van der Waals surface area contributed by atoms with Gasteiger partial charge in [-0.25, -0.2) is 4.39 Å². The first kappa shape index (κ1) is 18.0. The number of nitrogens with zero attached hydrogens (tertiary/aromatic N) is 2. The van der Waals surface area contributed by atoms with Crippen LogP contribution in [-0.4, -0.2) is 44.1 Å². The molecule has 0 radical (unpaired) electrons. The Morgan fingerprint density at radius 1 is 1.12 bits per heavy atom. The summed E-state index contributed by atoms with van der Waals surface area (Å²) in [7, 11) is 1.42. The van der Waals surface area contributed by atoms with Crippen molar-refractivity contribution in [1.82, 2.24) is 4.90 Å². The van der Waals surface area contributed by atoms with Gasteiger partial charge < -0.3 is 14.5 Å². The molecular weight excluding hydrogens is 331 g/mol. The summed E-state index contributed by atoms with van der Waals surface area (Å²) in [5.74, 6) is -0.292. The molecule has 1 fully saturated rings. The zero-order chi connectivity index (χ0) is 18.5. The Bertz CT molecular complexity index is 811. The average Bonchev–Trinajstić information content (AvgIpc) is 2.66. The summed E-state index contributed by atoms with van der Waals surface area (Å²) in [6.45, 7) is 5.04. The van der Waals surface area contributed by atoms with Crippen LogP contribution in [0.3, 0.4) is 0 Å². The van der Waals surface area contributed by atoms with Crippen molar-refractivity contribution in [3.8, 4) is 5.75 Å². The monoisotopic (exact) mass is 354 g/mol. The van der Waals surface area contributed by atoms with Crippen LogP contribution in [-0.2, 0) is 4.79 Å². The Kier molecular flexibility index (Phi) is 5.56. The molecule has 2 aromatic carbocycles. The minimum absolute atomic E-state index is 0.0508. The van der Waals surface area contributed by atoms with Crippen molar-refractivity contribution in [2.45, 2.75) is 6.92 Å². The number of ether oxygens (including phenoxy) is 1. The number of methoxy groups -OCH3 is 1. The van der Waals surface area contributed by atoms with Crippen LogP contribution in [0.1, 0.15) is 11.1 Å². The number of hydrogen-bond acceptors (Lipinski definition) is 3. The topological polar surface area (TPSA) is 32.8 Å². The van der Waals surface area contributed by atoms with Gasteiger partial charge in [0.15, 0.2) is 11.6 Å². The molecule has 1 aliphatic rings. The van der Waals surface area contributed by atoms with Crippen LogP contribution in [0.15, 0.2) is 48.5 Å². The van der Waals surface area contributed by atoms with Gasteiger partial charge >= 0.3 is 0 Å². The second-order valence-electron chi connectivity index (χ2n) is 6.38. The van der Waals surface area contributed by atoms with Crippen LogP contribution in [0, 0.1) is 12.7 Å². The number of aryl methyl sites for hydroxylation is 1. The van der Waals surface area contributed by atoms with Gasteiger partial charge in [-0.2, -0.15) is 0 Å². The summed E-state index contributed by atoms with van der Waals surface area (Å²) in [6, 6.07) is 13.0. The van der Waals surface area contributed by atoms with Crippen LogP contribution in [0.2, 0.25) is 0 Å². The minimum atomic E-state index is -0.436. The molecule has 0 unspecified atom stereocenters. The third-order valence-corrected chi connectivity index (χ3v) is 4.55. The van der Waals surface area contributed by atoms with Crippen molar-refractivity contribution in [1.29, 1.82) is 0 Å². The molecule has 0 saturated carbocycles. The van der Waals surface area contributed by atoms with E-state index in [1.54, 1.807) is 18.2 Å². The molecule has 0 aromatic heterocycles. The third kappa shape index (κ3) is 4.23. The maximum atomic E-state index is 13.7. The molecule has 26 heavy (non-hydrogen) atoms. The molecule has 1 heterocycles. The zero-order valence-electron chi connectivity index (χ0n) is 15.1. The Labute approximate surface area is 153 Å². The largest absolute Gasteiger partial charge is 0.494 e. The second kappa shape index (κ2) is 8.04. The second-order valence-corrected chi connectivity index (χ2v) is 6.38. The van der Waals surface area contributed by atoms with E-state index in [9.17, 15) is 9.18 Å². The van der Waals surface area contributed by atoms with E-state index in [1.807, 2.05) is 4.90 Å². The summed E-state index contributed by atoms with van der Waals surface area (Å²) in [5.41, 5.74) is 3.06. The van der Waals surface area contributed by atoms with Gasteiger partial charge in [-0.1, -0.05) is 18.2 Å². The zero-order valence-corrected chi connectivity index (χ0v) is 15.1. The number of piperazine rings is 1. The van der Waals surface area contributed by atoms with E-state index in [2.05, 4.69) is 36.1 Å². The molecular formula is C21H23FN2O2. The molecule has 1 saturated heterocycles. The first-order valence-corrected chi connectivity index (χ1v) is 8.69. The fraction of sp³-hybridized carbons (Fsp3) is 0.286. The normalized spacial score (nSPS) is 14.7. The standard InChI is InChI=1S/C21H23FN2O2/c1-16-4-3-5-18(14-16)23-10-12-24(13-11-23)21(25)9-7-17-6-8-20(26-2)19(22)15-17/h3-9,14-15H,10-13H2,1-2H3/b9-7+. The highest BCUT2D eigenvalue weighted by Crippen LogP contribution is 2.19. The maximum Gasteiger partial charge on any atom is 0.246 e. The SMILES string of the molecule is COc1ccc(/C=C/C(=O)N2CCN(c3cccc(C)c3)CC2)cc1F. The lowest BCUT2D eigenvalue weighted by Gasteiger charge is -2.35. The van der Waals surface area contributed by atoms with Gasteiger partial charge in [-0.05, 0) is 48.4 Å². The van der Waals surface area contributed by atoms with Crippen molar-refractivity contribution < 1.29 is 13.9 Å². The summed E-state index contributed by atoms with van der Waals surface area (Å²) in [4.78, 5) is 16.5. The summed E-state index contributed by atoms with van der Waals surface area (Å²) < 4.78 is 18.6. The van der Waals surface area contributed by atoms with Crippen LogP contribution in [0.25, 0.3) is 6.08 Å². The predicted molar refractivity (Wildman–Crippen MR) is 102 cm³/mol. The van der Waals surface area contributed by atoms with E-state index in [-0.39, 0.29) is 11.7 Å². The quantitative estimate of drug-likeness (QED) is 0.788. The Morgan fingerprint density at radius 3 is 2.54 bits per heavy atom. The van der Waals surface area contributed by atoms with Crippen molar-refractivity contribution >= 4 is 17.7 Å². The van der Waals surface area contributed by atoms with E-state index in [0.29, 0.717) is 18.7 Å². The highest BCUT2D eigenvalue weighted by molar-refractivity contribution is 5.92. The van der Waals surface area contributed by atoms with Gasteiger partial charge in [0.1, 0.15) is 0 Å². The van der Waals surface area contributed by atoms with Gasteiger partial charge in [0.2, 0.25) is 5.91 Å². The molecule has 0 spiro atoms. The van der Waals surface area contributed by atoms with Crippen molar-refractivity contribution in [2.24, 2.45) is 0 Å². The number of hydrogen-bond donors (Lipinski definition) is 0. The molecule has 1 amide bonds. The first-order chi connectivity index (χ1) is 12.6. The average molecular weight is 354 g/mol. The molecule has 0 N–H and O–H groups in total. The molecule has 0 bridgehead atoms. The number of anilines is 1. The lowest BCUT2D eigenvalue weighted by molar-refractivity contribution is -0.126. The summed E-state index contributed by atoms with van der Waals surface area (Å²) in [6.07, 6.45) is 3.14. The van der Waals surface area contributed by atoms with E-state index >= 15 is 0 Å². The van der Waals surface area contributed by atoms with Gasteiger partial charge in [-0.3, -0.25) is 4.79 Å². The number of amides is 1. The lowest BCUT2D eigenvalue weighted by atomic mass is 10.1. The van der Waals surface area contributed by atoms with Crippen LogP contribution < -0.4 is 9.64 Å². The van der Waals surface area contributed by atoms with E-state index in [0.717, 1.165) is 13.1 Å². The van der Waals surface area contributed by atoms with Gasteiger partial charge in [0, 0.05) is 37.9 Å². The molecule has 4 nitrogen and oxygen atoms in total. The summed E-state index contributed by atoms with van der Waals surface area (Å²) in [5, 5.41) is 0. The maximum absolute atomic E-state index is 13.7. The Morgan fingerprint density at radius 2 is 1.88 bits per heavy atom. The molecule has 5 heteroatoms. The first-order valence-electron chi connectivity index (χ1n) is 8.69.